The van der Waals surface area contributed by atoms with E-state index in [9.17, 15) is 4.79 Å². The van der Waals surface area contributed by atoms with E-state index in [1.807, 2.05) is 44.2 Å². The first-order valence-electron chi connectivity index (χ1n) is 9.73. The minimum Gasteiger partial charge on any atom is -0.383 e. The number of nitrogens with one attached hydrogen (secondary N) is 3. The van der Waals surface area contributed by atoms with E-state index in [-0.39, 0.29) is 5.91 Å². The molecule has 0 saturated heterocycles. The molecule has 0 spiro atoms. The first-order valence-corrected chi connectivity index (χ1v) is 9.73. The maximum Gasteiger partial charge on any atom is 0.257 e. The fourth-order valence-electron chi connectivity index (χ4n) is 3.54. The number of hydrogen-bond acceptors (Lipinski definition) is 3. The lowest BCUT2D eigenvalue weighted by Gasteiger charge is -2.12. The van der Waals surface area contributed by atoms with E-state index >= 15 is 0 Å². The van der Waals surface area contributed by atoms with Gasteiger partial charge < -0.3 is 15.6 Å². The van der Waals surface area contributed by atoms with E-state index in [4.69, 9.17) is 0 Å². The SMILES string of the molecule is Cc1cccc(C)c1NC(=O)c1cncc(NCCc2c[nH]c3ccccc23)c1. The van der Waals surface area contributed by atoms with Gasteiger partial charge in [0.15, 0.2) is 0 Å². The van der Waals surface area contributed by atoms with Crippen molar-refractivity contribution < 1.29 is 4.79 Å². The van der Waals surface area contributed by atoms with Gasteiger partial charge in [0.2, 0.25) is 0 Å². The molecule has 2 aromatic carbocycles. The molecule has 0 radical (unpaired) electrons. The molecule has 0 fully saturated rings. The van der Waals surface area contributed by atoms with Crippen LogP contribution in [-0.4, -0.2) is 22.4 Å². The van der Waals surface area contributed by atoms with Crippen molar-refractivity contribution >= 4 is 28.2 Å². The van der Waals surface area contributed by atoms with E-state index in [0.29, 0.717) is 5.56 Å². The number of benzene rings is 2. The number of pyridine rings is 1. The molecular weight excluding hydrogens is 360 g/mol. The number of carbonyl (C=O) groups excluding carboxylic acids is 1. The van der Waals surface area contributed by atoms with Crippen LogP contribution >= 0.6 is 0 Å². The number of amides is 1. The molecule has 146 valence electrons. The van der Waals surface area contributed by atoms with E-state index in [0.717, 1.165) is 41.0 Å². The fraction of sp³-hybridized carbons (Fsp3) is 0.167. The van der Waals surface area contributed by atoms with Crippen LogP contribution < -0.4 is 10.6 Å². The Hall–Kier alpha value is -3.60. The second-order valence-electron chi connectivity index (χ2n) is 7.22. The zero-order chi connectivity index (χ0) is 20.2. The summed E-state index contributed by atoms with van der Waals surface area (Å²) in [7, 11) is 0. The summed E-state index contributed by atoms with van der Waals surface area (Å²) in [4.78, 5) is 20.2. The lowest BCUT2D eigenvalue weighted by molar-refractivity contribution is 0.102. The maximum absolute atomic E-state index is 12.7. The van der Waals surface area contributed by atoms with Crippen LogP contribution in [0.4, 0.5) is 11.4 Å². The lowest BCUT2D eigenvalue weighted by Crippen LogP contribution is -2.15. The summed E-state index contributed by atoms with van der Waals surface area (Å²) < 4.78 is 0. The smallest absolute Gasteiger partial charge is 0.257 e. The van der Waals surface area contributed by atoms with E-state index < -0.39 is 0 Å². The minimum absolute atomic E-state index is 0.157. The summed E-state index contributed by atoms with van der Waals surface area (Å²) in [6.45, 7) is 4.73. The second kappa shape index (κ2) is 8.19. The van der Waals surface area contributed by atoms with Crippen molar-refractivity contribution in [2.24, 2.45) is 0 Å². The number of aromatic nitrogens is 2. The molecule has 4 rings (SSSR count). The van der Waals surface area contributed by atoms with Crippen molar-refractivity contribution in [3.8, 4) is 0 Å². The molecule has 0 aliphatic heterocycles. The van der Waals surface area contributed by atoms with Crippen molar-refractivity contribution in [3.63, 3.8) is 0 Å². The molecule has 0 aliphatic rings. The van der Waals surface area contributed by atoms with Gasteiger partial charge in [-0.3, -0.25) is 9.78 Å². The molecule has 0 saturated carbocycles. The van der Waals surface area contributed by atoms with Crippen molar-refractivity contribution in [2.75, 3.05) is 17.2 Å². The van der Waals surface area contributed by atoms with Crippen LogP contribution in [0.2, 0.25) is 0 Å². The summed E-state index contributed by atoms with van der Waals surface area (Å²) >= 11 is 0. The Balaban J connectivity index is 1.41. The first kappa shape index (κ1) is 18.7. The lowest BCUT2D eigenvalue weighted by atomic mass is 10.1. The summed E-state index contributed by atoms with van der Waals surface area (Å²) in [5.41, 5.74) is 6.72. The van der Waals surface area contributed by atoms with Crippen LogP contribution in [0.25, 0.3) is 10.9 Å². The number of nitrogens with zero attached hydrogens (tertiary/aromatic N) is 1. The van der Waals surface area contributed by atoms with E-state index in [2.05, 4.69) is 45.0 Å². The monoisotopic (exact) mass is 384 g/mol. The van der Waals surface area contributed by atoms with E-state index in [1.165, 1.54) is 10.9 Å². The van der Waals surface area contributed by atoms with Gasteiger partial charge in [0, 0.05) is 41.7 Å². The molecule has 2 heterocycles. The predicted molar refractivity (Wildman–Crippen MR) is 119 cm³/mol. The van der Waals surface area contributed by atoms with Crippen molar-refractivity contribution in [1.29, 1.82) is 0 Å². The van der Waals surface area contributed by atoms with E-state index in [1.54, 1.807) is 12.4 Å². The van der Waals surface area contributed by atoms with Gasteiger partial charge in [-0.05, 0) is 49.1 Å². The van der Waals surface area contributed by atoms with Gasteiger partial charge in [0.25, 0.3) is 5.91 Å². The summed E-state index contributed by atoms with van der Waals surface area (Å²) in [5.74, 6) is -0.157. The largest absolute Gasteiger partial charge is 0.383 e. The fourth-order valence-corrected chi connectivity index (χ4v) is 3.54. The average Bonchev–Trinajstić information content (AvgIpc) is 3.14. The van der Waals surface area contributed by atoms with Crippen molar-refractivity contribution in [3.05, 3.63) is 89.4 Å². The zero-order valence-corrected chi connectivity index (χ0v) is 16.6. The maximum atomic E-state index is 12.7. The number of H-pyrrole nitrogens is 1. The third-order valence-electron chi connectivity index (χ3n) is 5.12. The Morgan fingerprint density at radius 3 is 2.66 bits per heavy atom. The third-order valence-corrected chi connectivity index (χ3v) is 5.12. The Morgan fingerprint density at radius 1 is 1.03 bits per heavy atom. The Labute approximate surface area is 170 Å². The van der Waals surface area contributed by atoms with Crippen LogP contribution in [0.1, 0.15) is 27.0 Å². The summed E-state index contributed by atoms with van der Waals surface area (Å²) in [6.07, 6.45) is 6.26. The highest BCUT2D eigenvalue weighted by atomic mass is 16.1. The van der Waals surface area contributed by atoms with Gasteiger partial charge in [-0.1, -0.05) is 36.4 Å². The first-order chi connectivity index (χ1) is 14.1. The number of carbonyl (C=O) groups is 1. The molecule has 5 heteroatoms. The Kier molecular flexibility index (Phi) is 5.29. The molecule has 3 N–H and O–H groups in total. The molecular formula is C24H24N4O. The number of aromatic amines is 1. The number of hydrogen-bond donors (Lipinski definition) is 3. The number of para-hydroxylation sites is 2. The van der Waals surface area contributed by atoms with Crippen molar-refractivity contribution in [1.82, 2.24) is 9.97 Å². The van der Waals surface area contributed by atoms with Crippen LogP contribution in [0, 0.1) is 13.8 Å². The topological polar surface area (TPSA) is 69.8 Å². The minimum atomic E-state index is -0.157. The van der Waals surface area contributed by atoms with Gasteiger partial charge in [0.1, 0.15) is 0 Å². The molecule has 5 nitrogen and oxygen atoms in total. The molecule has 2 aromatic heterocycles. The normalized spacial score (nSPS) is 10.8. The van der Waals surface area contributed by atoms with Gasteiger partial charge in [-0.2, -0.15) is 0 Å². The second-order valence-corrected chi connectivity index (χ2v) is 7.22. The molecule has 4 aromatic rings. The van der Waals surface area contributed by atoms with Crippen LogP contribution in [0.5, 0.6) is 0 Å². The number of aryl methyl sites for hydroxylation is 2. The molecule has 29 heavy (non-hydrogen) atoms. The van der Waals surface area contributed by atoms with Crippen LogP contribution in [0.3, 0.4) is 0 Å². The molecule has 0 unspecified atom stereocenters. The van der Waals surface area contributed by atoms with Crippen molar-refractivity contribution in [2.45, 2.75) is 20.3 Å². The summed E-state index contributed by atoms with van der Waals surface area (Å²) in [6, 6.07) is 16.1. The Bertz CT molecular complexity index is 1140. The molecule has 0 atom stereocenters. The third kappa shape index (κ3) is 4.14. The molecule has 0 aliphatic carbocycles. The number of rotatable bonds is 6. The van der Waals surface area contributed by atoms with Gasteiger partial charge in [0.05, 0.1) is 11.3 Å². The van der Waals surface area contributed by atoms with Crippen LogP contribution in [0.15, 0.2) is 67.1 Å². The number of anilines is 2. The quantitative estimate of drug-likeness (QED) is 0.434. The van der Waals surface area contributed by atoms with Gasteiger partial charge in [-0.25, -0.2) is 0 Å². The average molecular weight is 384 g/mol. The van der Waals surface area contributed by atoms with Gasteiger partial charge in [-0.15, -0.1) is 0 Å². The number of fused-ring (bicyclic) bond motifs is 1. The molecule has 0 bridgehead atoms. The highest BCUT2D eigenvalue weighted by Crippen LogP contribution is 2.21. The Morgan fingerprint density at radius 2 is 1.83 bits per heavy atom. The standard InChI is InChI=1S/C24H24N4O/c1-16-6-5-7-17(2)23(16)28-24(29)19-12-20(15-25-13-19)26-11-10-18-14-27-22-9-4-3-8-21(18)22/h3-9,12-15,26-27H,10-11H2,1-2H3,(H,28,29). The van der Waals surface area contributed by atoms with Gasteiger partial charge >= 0.3 is 0 Å². The highest BCUT2D eigenvalue weighted by molar-refractivity contribution is 6.05. The highest BCUT2D eigenvalue weighted by Gasteiger charge is 2.11. The zero-order valence-electron chi connectivity index (χ0n) is 16.6. The summed E-state index contributed by atoms with van der Waals surface area (Å²) in [5, 5.41) is 7.63. The predicted octanol–water partition coefficient (Wildman–Crippen LogP) is 5.09. The molecule has 1 amide bonds. The van der Waals surface area contributed by atoms with Crippen LogP contribution in [-0.2, 0) is 6.42 Å².